The van der Waals surface area contributed by atoms with Crippen LogP contribution in [0.25, 0.3) is 0 Å². The predicted octanol–water partition coefficient (Wildman–Crippen LogP) is 4.70. The summed E-state index contributed by atoms with van der Waals surface area (Å²) in [7, 11) is 0. The minimum absolute atomic E-state index is 0.172. The molecule has 1 aromatic rings. The second kappa shape index (κ2) is 7.26. The molecule has 1 aromatic carbocycles. The maximum atomic E-state index is 13.6. The Labute approximate surface area is 128 Å². The fraction of sp³-hybridized carbons (Fsp3) is 0.667. The van der Waals surface area contributed by atoms with Crippen LogP contribution in [0.1, 0.15) is 58.6 Å². The zero-order valence-electron chi connectivity index (χ0n) is 13.7. The summed E-state index contributed by atoms with van der Waals surface area (Å²) in [6.45, 7) is 9.64. The summed E-state index contributed by atoms with van der Waals surface area (Å²) in [5.41, 5.74) is 1.05. The molecular formula is C18H28FNO. The zero-order chi connectivity index (χ0) is 15.4. The monoisotopic (exact) mass is 293 g/mol. The molecule has 4 atom stereocenters. The van der Waals surface area contributed by atoms with Crippen molar-refractivity contribution in [1.29, 1.82) is 0 Å². The Kier molecular flexibility index (Phi) is 5.63. The molecule has 0 aliphatic heterocycles. The SMILES string of the molecule is CCNC(C)c1ccc(F)cc1OC1CCC(C)C(C)C1. The minimum Gasteiger partial charge on any atom is -0.490 e. The average Bonchev–Trinajstić information content (AvgIpc) is 2.43. The average molecular weight is 293 g/mol. The molecule has 0 spiro atoms. The number of rotatable bonds is 5. The summed E-state index contributed by atoms with van der Waals surface area (Å²) in [6.07, 6.45) is 3.54. The summed E-state index contributed by atoms with van der Waals surface area (Å²) < 4.78 is 19.8. The van der Waals surface area contributed by atoms with Crippen molar-refractivity contribution in [3.63, 3.8) is 0 Å². The Morgan fingerprint density at radius 2 is 2.05 bits per heavy atom. The van der Waals surface area contributed by atoms with E-state index in [1.807, 2.05) is 6.07 Å². The third-order valence-electron chi connectivity index (χ3n) is 4.80. The fourth-order valence-electron chi connectivity index (χ4n) is 3.17. The number of hydrogen-bond donors (Lipinski definition) is 1. The molecule has 4 unspecified atom stereocenters. The maximum Gasteiger partial charge on any atom is 0.127 e. The molecule has 118 valence electrons. The van der Waals surface area contributed by atoms with Crippen LogP contribution in [0.4, 0.5) is 4.39 Å². The van der Waals surface area contributed by atoms with Crippen LogP contribution in [0.2, 0.25) is 0 Å². The van der Waals surface area contributed by atoms with Gasteiger partial charge in [0.25, 0.3) is 0 Å². The molecule has 0 radical (unpaired) electrons. The molecule has 1 fully saturated rings. The number of ether oxygens (including phenoxy) is 1. The van der Waals surface area contributed by atoms with E-state index in [9.17, 15) is 4.39 Å². The summed E-state index contributed by atoms with van der Waals surface area (Å²) in [4.78, 5) is 0. The van der Waals surface area contributed by atoms with E-state index < -0.39 is 0 Å². The van der Waals surface area contributed by atoms with E-state index in [0.29, 0.717) is 11.7 Å². The van der Waals surface area contributed by atoms with Crippen LogP contribution < -0.4 is 10.1 Å². The molecule has 1 aliphatic rings. The quantitative estimate of drug-likeness (QED) is 0.849. The number of halogens is 1. The van der Waals surface area contributed by atoms with E-state index in [0.717, 1.165) is 30.9 Å². The van der Waals surface area contributed by atoms with Gasteiger partial charge in [-0.1, -0.05) is 26.8 Å². The molecular weight excluding hydrogens is 265 g/mol. The van der Waals surface area contributed by atoms with Crippen molar-refractivity contribution in [2.24, 2.45) is 11.8 Å². The molecule has 3 heteroatoms. The predicted molar refractivity (Wildman–Crippen MR) is 85.1 cm³/mol. The van der Waals surface area contributed by atoms with E-state index in [2.05, 4.69) is 33.0 Å². The van der Waals surface area contributed by atoms with E-state index in [1.165, 1.54) is 18.6 Å². The Hall–Kier alpha value is -1.09. The van der Waals surface area contributed by atoms with Gasteiger partial charge in [0.2, 0.25) is 0 Å². The Balaban J connectivity index is 2.13. The van der Waals surface area contributed by atoms with Crippen LogP contribution in [0, 0.1) is 17.7 Å². The van der Waals surface area contributed by atoms with Gasteiger partial charge in [-0.15, -0.1) is 0 Å². The smallest absolute Gasteiger partial charge is 0.127 e. The first-order chi connectivity index (χ1) is 10.0. The summed E-state index contributed by atoms with van der Waals surface area (Å²) in [6, 6.07) is 5.06. The second-order valence-electron chi connectivity index (χ2n) is 6.47. The summed E-state index contributed by atoms with van der Waals surface area (Å²) >= 11 is 0. The summed E-state index contributed by atoms with van der Waals surface area (Å²) in [5.74, 6) is 1.91. The highest BCUT2D eigenvalue weighted by atomic mass is 19.1. The lowest BCUT2D eigenvalue weighted by Crippen LogP contribution is -2.29. The zero-order valence-corrected chi connectivity index (χ0v) is 13.7. The number of hydrogen-bond acceptors (Lipinski definition) is 2. The molecule has 0 saturated heterocycles. The Morgan fingerprint density at radius 1 is 1.29 bits per heavy atom. The van der Waals surface area contributed by atoms with Gasteiger partial charge in [-0.25, -0.2) is 4.39 Å². The molecule has 0 bridgehead atoms. The van der Waals surface area contributed by atoms with Crippen molar-refractivity contribution < 1.29 is 9.13 Å². The Morgan fingerprint density at radius 3 is 2.71 bits per heavy atom. The molecule has 1 N–H and O–H groups in total. The fourth-order valence-corrected chi connectivity index (χ4v) is 3.17. The highest BCUT2D eigenvalue weighted by Gasteiger charge is 2.26. The van der Waals surface area contributed by atoms with E-state index >= 15 is 0 Å². The van der Waals surface area contributed by atoms with Gasteiger partial charge in [-0.2, -0.15) is 0 Å². The van der Waals surface area contributed by atoms with E-state index in [4.69, 9.17) is 4.74 Å². The van der Waals surface area contributed by atoms with Gasteiger partial charge in [0, 0.05) is 17.7 Å². The largest absolute Gasteiger partial charge is 0.490 e. The number of nitrogens with one attached hydrogen (secondary N) is 1. The minimum atomic E-state index is -0.227. The highest BCUT2D eigenvalue weighted by Crippen LogP contribution is 2.34. The van der Waals surface area contributed by atoms with Gasteiger partial charge in [0.15, 0.2) is 0 Å². The first kappa shape index (κ1) is 16.3. The third-order valence-corrected chi connectivity index (χ3v) is 4.80. The van der Waals surface area contributed by atoms with Gasteiger partial charge in [0.05, 0.1) is 6.10 Å². The van der Waals surface area contributed by atoms with Crippen LogP contribution in [0.15, 0.2) is 18.2 Å². The molecule has 21 heavy (non-hydrogen) atoms. The third kappa shape index (κ3) is 4.19. The first-order valence-electron chi connectivity index (χ1n) is 8.20. The first-order valence-corrected chi connectivity index (χ1v) is 8.20. The second-order valence-corrected chi connectivity index (χ2v) is 6.47. The van der Waals surface area contributed by atoms with Crippen LogP contribution >= 0.6 is 0 Å². The van der Waals surface area contributed by atoms with Crippen molar-refractivity contribution in [3.8, 4) is 5.75 Å². The molecule has 2 nitrogen and oxygen atoms in total. The van der Waals surface area contributed by atoms with Crippen LogP contribution in [0.5, 0.6) is 5.75 Å². The maximum absolute atomic E-state index is 13.6. The summed E-state index contributed by atoms with van der Waals surface area (Å²) in [5, 5.41) is 3.37. The van der Waals surface area contributed by atoms with Crippen molar-refractivity contribution in [3.05, 3.63) is 29.6 Å². The lowest BCUT2D eigenvalue weighted by molar-refractivity contribution is 0.0989. The van der Waals surface area contributed by atoms with Gasteiger partial charge in [-0.3, -0.25) is 0 Å². The number of benzene rings is 1. The topological polar surface area (TPSA) is 21.3 Å². The van der Waals surface area contributed by atoms with Crippen molar-refractivity contribution in [1.82, 2.24) is 5.32 Å². The van der Waals surface area contributed by atoms with E-state index in [1.54, 1.807) is 0 Å². The lowest BCUT2D eigenvalue weighted by atomic mass is 9.80. The molecule has 0 aromatic heterocycles. The molecule has 0 heterocycles. The highest BCUT2D eigenvalue weighted by molar-refractivity contribution is 5.36. The van der Waals surface area contributed by atoms with Crippen molar-refractivity contribution in [2.75, 3.05) is 6.54 Å². The van der Waals surface area contributed by atoms with Gasteiger partial charge < -0.3 is 10.1 Å². The normalized spacial score (nSPS) is 27.4. The van der Waals surface area contributed by atoms with E-state index in [-0.39, 0.29) is 18.0 Å². The molecule has 0 amide bonds. The lowest BCUT2D eigenvalue weighted by Gasteiger charge is -2.33. The standard InChI is InChI=1S/C18H28FNO/c1-5-20-14(4)17-9-7-15(19)11-18(17)21-16-8-6-12(2)13(3)10-16/h7,9,11-14,16,20H,5-6,8,10H2,1-4H3. The van der Waals surface area contributed by atoms with Crippen LogP contribution in [0.3, 0.4) is 0 Å². The molecule has 2 rings (SSSR count). The van der Waals surface area contributed by atoms with Crippen LogP contribution in [-0.2, 0) is 0 Å². The van der Waals surface area contributed by atoms with Gasteiger partial charge in [0.1, 0.15) is 11.6 Å². The molecule has 1 aliphatic carbocycles. The Bertz CT molecular complexity index is 463. The van der Waals surface area contributed by atoms with Crippen molar-refractivity contribution in [2.45, 2.75) is 59.1 Å². The van der Waals surface area contributed by atoms with Crippen molar-refractivity contribution >= 4 is 0 Å². The molecule has 1 saturated carbocycles. The van der Waals surface area contributed by atoms with Gasteiger partial charge >= 0.3 is 0 Å². The van der Waals surface area contributed by atoms with Crippen LogP contribution in [-0.4, -0.2) is 12.6 Å². The van der Waals surface area contributed by atoms with Gasteiger partial charge in [-0.05, 0) is 50.6 Å².